The molecular weight excluding hydrogens is 268 g/mol. The first kappa shape index (κ1) is 14.4. The van der Waals surface area contributed by atoms with Crippen LogP contribution in [-0.4, -0.2) is 49.3 Å². The number of carbonyl (C=O) groups is 1. The molecule has 5 heteroatoms. The zero-order valence-electron chi connectivity index (χ0n) is 12.3. The molecule has 1 aromatic carbocycles. The minimum Gasteiger partial charge on any atom is -0.493 e. The zero-order chi connectivity index (χ0) is 14.8. The van der Waals surface area contributed by atoms with Crippen LogP contribution < -0.4 is 10.5 Å². The Morgan fingerprint density at radius 1 is 1.38 bits per heavy atom. The van der Waals surface area contributed by atoms with Gasteiger partial charge in [0, 0.05) is 25.2 Å². The summed E-state index contributed by atoms with van der Waals surface area (Å²) in [5.41, 5.74) is 6.70. The van der Waals surface area contributed by atoms with Crippen molar-refractivity contribution < 1.29 is 14.3 Å². The lowest BCUT2D eigenvalue weighted by Crippen LogP contribution is -2.52. The lowest BCUT2D eigenvalue weighted by Gasteiger charge is -2.39. The van der Waals surface area contributed by atoms with Gasteiger partial charge in [0.05, 0.1) is 24.7 Å². The number of hydrogen-bond donors (Lipinski definition) is 1. The molecule has 3 rings (SSSR count). The number of nitrogens with two attached hydrogens (primary N) is 1. The van der Waals surface area contributed by atoms with Gasteiger partial charge in [0.25, 0.3) is 0 Å². The van der Waals surface area contributed by atoms with Gasteiger partial charge in [-0.05, 0) is 19.4 Å². The number of ether oxygens (including phenoxy) is 2. The molecule has 2 aliphatic rings. The summed E-state index contributed by atoms with van der Waals surface area (Å²) in [5.74, 6) is 0.886. The van der Waals surface area contributed by atoms with E-state index in [1.807, 2.05) is 36.1 Å². The predicted octanol–water partition coefficient (Wildman–Crippen LogP) is 1.13. The van der Waals surface area contributed by atoms with Crippen molar-refractivity contribution in [2.75, 3.05) is 26.2 Å². The van der Waals surface area contributed by atoms with Crippen molar-refractivity contribution >= 4 is 5.91 Å². The fraction of sp³-hybridized carbons (Fsp3) is 0.562. The molecule has 3 unspecified atom stereocenters. The predicted molar refractivity (Wildman–Crippen MR) is 79.3 cm³/mol. The van der Waals surface area contributed by atoms with Crippen molar-refractivity contribution in [1.29, 1.82) is 0 Å². The van der Waals surface area contributed by atoms with Crippen LogP contribution in [0.25, 0.3) is 0 Å². The number of carbonyl (C=O) groups excluding carboxylic acids is 1. The standard InChI is InChI=1S/C16H22N2O3/c1-11-9-18(10-12(8-17)21-11)16(19)14-6-7-20-15-5-3-2-4-13(14)15/h2-5,11-12,14H,6-10,17H2,1H3. The number of hydrogen-bond acceptors (Lipinski definition) is 4. The summed E-state index contributed by atoms with van der Waals surface area (Å²) in [6.07, 6.45) is 0.702. The van der Waals surface area contributed by atoms with E-state index in [1.165, 1.54) is 0 Å². The molecule has 2 aliphatic heterocycles. The smallest absolute Gasteiger partial charge is 0.230 e. The summed E-state index contributed by atoms with van der Waals surface area (Å²) in [5, 5.41) is 0. The topological polar surface area (TPSA) is 64.8 Å². The normalized spacial score (nSPS) is 28.7. The fourth-order valence-corrected chi connectivity index (χ4v) is 3.17. The van der Waals surface area contributed by atoms with Crippen molar-refractivity contribution in [3.8, 4) is 5.75 Å². The monoisotopic (exact) mass is 290 g/mol. The van der Waals surface area contributed by atoms with Gasteiger partial charge in [-0.2, -0.15) is 0 Å². The maximum absolute atomic E-state index is 12.9. The third-order valence-corrected chi connectivity index (χ3v) is 4.16. The molecule has 3 atom stereocenters. The number of morpholine rings is 1. The van der Waals surface area contributed by atoms with E-state index in [1.54, 1.807) is 0 Å². The Labute approximate surface area is 125 Å². The molecule has 114 valence electrons. The molecule has 0 spiro atoms. The van der Waals surface area contributed by atoms with Gasteiger partial charge in [0.2, 0.25) is 5.91 Å². The Morgan fingerprint density at radius 2 is 2.19 bits per heavy atom. The highest BCUT2D eigenvalue weighted by atomic mass is 16.5. The molecular formula is C16H22N2O3. The van der Waals surface area contributed by atoms with Crippen LogP contribution in [0, 0.1) is 0 Å². The van der Waals surface area contributed by atoms with Crippen molar-refractivity contribution in [3.63, 3.8) is 0 Å². The van der Waals surface area contributed by atoms with Gasteiger partial charge < -0.3 is 20.1 Å². The first-order valence-electron chi connectivity index (χ1n) is 7.55. The molecule has 1 amide bonds. The lowest BCUT2D eigenvalue weighted by atomic mass is 9.91. The number of rotatable bonds is 2. The molecule has 5 nitrogen and oxygen atoms in total. The Morgan fingerprint density at radius 3 is 3.00 bits per heavy atom. The van der Waals surface area contributed by atoms with Crippen LogP contribution in [0.1, 0.15) is 24.8 Å². The van der Waals surface area contributed by atoms with Gasteiger partial charge in [-0.15, -0.1) is 0 Å². The second-order valence-corrected chi connectivity index (χ2v) is 5.78. The van der Waals surface area contributed by atoms with Gasteiger partial charge in [-0.25, -0.2) is 0 Å². The van der Waals surface area contributed by atoms with E-state index in [0.29, 0.717) is 26.2 Å². The summed E-state index contributed by atoms with van der Waals surface area (Å²) in [4.78, 5) is 14.8. The summed E-state index contributed by atoms with van der Waals surface area (Å²) in [6.45, 7) is 4.24. The summed E-state index contributed by atoms with van der Waals surface area (Å²) in [6, 6.07) is 7.81. The van der Waals surface area contributed by atoms with Gasteiger partial charge in [0.15, 0.2) is 0 Å². The molecule has 1 fully saturated rings. The van der Waals surface area contributed by atoms with E-state index >= 15 is 0 Å². The van der Waals surface area contributed by atoms with E-state index in [0.717, 1.165) is 17.7 Å². The SMILES string of the molecule is CC1CN(C(=O)C2CCOc3ccccc32)CC(CN)O1. The van der Waals surface area contributed by atoms with Gasteiger partial charge in [-0.3, -0.25) is 4.79 Å². The maximum atomic E-state index is 12.9. The zero-order valence-corrected chi connectivity index (χ0v) is 12.3. The van der Waals surface area contributed by atoms with Crippen LogP contribution in [0.2, 0.25) is 0 Å². The highest BCUT2D eigenvalue weighted by Gasteiger charge is 2.34. The summed E-state index contributed by atoms with van der Waals surface area (Å²) < 4.78 is 11.4. The molecule has 1 aromatic rings. The van der Waals surface area contributed by atoms with Crippen molar-refractivity contribution in [3.05, 3.63) is 29.8 Å². The first-order valence-corrected chi connectivity index (χ1v) is 7.55. The third kappa shape index (κ3) is 2.89. The maximum Gasteiger partial charge on any atom is 0.230 e. The number of nitrogens with zero attached hydrogens (tertiary/aromatic N) is 1. The molecule has 1 saturated heterocycles. The molecule has 2 heterocycles. The molecule has 0 aliphatic carbocycles. The van der Waals surface area contributed by atoms with Crippen molar-refractivity contribution in [2.45, 2.75) is 31.5 Å². The van der Waals surface area contributed by atoms with Gasteiger partial charge in [0.1, 0.15) is 5.75 Å². The van der Waals surface area contributed by atoms with Crippen LogP contribution in [-0.2, 0) is 9.53 Å². The largest absolute Gasteiger partial charge is 0.493 e. The highest BCUT2D eigenvalue weighted by molar-refractivity contribution is 5.85. The van der Waals surface area contributed by atoms with E-state index in [4.69, 9.17) is 15.2 Å². The highest BCUT2D eigenvalue weighted by Crippen LogP contribution is 2.35. The number of para-hydroxylation sites is 1. The summed E-state index contributed by atoms with van der Waals surface area (Å²) >= 11 is 0. The molecule has 0 saturated carbocycles. The first-order chi connectivity index (χ1) is 10.2. The fourth-order valence-electron chi connectivity index (χ4n) is 3.17. The van der Waals surface area contributed by atoms with Gasteiger partial charge in [-0.1, -0.05) is 18.2 Å². The molecule has 0 bridgehead atoms. The minimum absolute atomic E-state index is 0.0336. The molecule has 0 radical (unpaired) electrons. The average Bonchev–Trinajstić information content (AvgIpc) is 2.53. The minimum atomic E-state index is -0.112. The van der Waals surface area contributed by atoms with Crippen LogP contribution in [0.3, 0.4) is 0 Å². The third-order valence-electron chi connectivity index (χ3n) is 4.16. The van der Waals surface area contributed by atoms with Crippen LogP contribution in [0.15, 0.2) is 24.3 Å². The second-order valence-electron chi connectivity index (χ2n) is 5.78. The van der Waals surface area contributed by atoms with Crippen LogP contribution >= 0.6 is 0 Å². The second kappa shape index (κ2) is 6.03. The van der Waals surface area contributed by atoms with E-state index < -0.39 is 0 Å². The molecule has 21 heavy (non-hydrogen) atoms. The van der Waals surface area contributed by atoms with E-state index in [-0.39, 0.29) is 24.0 Å². The van der Waals surface area contributed by atoms with Crippen molar-refractivity contribution in [2.24, 2.45) is 5.73 Å². The van der Waals surface area contributed by atoms with Crippen LogP contribution in [0.4, 0.5) is 0 Å². The number of fused-ring (bicyclic) bond motifs is 1. The van der Waals surface area contributed by atoms with Gasteiger partial charge >= 0.3 is 0 Å². The number of benzene rings is 1. The quantitative estimate of drug-likeness (QED) is 0.886. The van der Waals surface area contributed by atoms with E-state index in [2.05, 4.69) is 0 Å². The Kier molecular flexibility index (Phi) is 4.12. The van der Waals surface area contributed by atoms with Crippen LogP contribution in [0.5, 0.6) is 5.75 Å². The number of amides is 1. The lowest BCUT2D eigenvalue weighted by molar-refractivity contribution is -0.145. The van der Waals surface area contributed by atoms with E-state index in [9.17, 15) is 4.79 Å². The summed E-state index contributed by atoms with van der Waals surface area (Å²) in [7, 11) is 0. The van der Waals surface area contributed by atoms with Crippen molar-refractivity contribution in [1.82, 2.24) is 4.90 Å². The molecule has 0 aromatic heterocycles. The Hall–Kier alpha value is -1.59. The Bertz CT molecular complexity index is 520. The Balaban J connectivity index is 1.79. The average molecular weight is 290 g/mol. The molecule has 2 N–H and O–H groups in total.